The molecule has 31 heavy (non-hydrogen) atoms. The zero-order valence-corrected chi connectivity index (χ0v) is 14.7. The van der Waals surface area contributed by atoms with Crippen LogP contribution in [0.5, 0.6) is 0 Å². The third-order valence-corrected chi connectivity index (χ3v) is 3.36. The van der Waals surface area contributed by atoms with Gasteiger partial charge in [-0.2, -0.15) is 31.4 Å². The van der Waals surface area contributed by atoms with E-state index < -0.39 is 35.4 Å². The summed E-state index contributed by atoms with van der Waals surface area (Å²) in [5.41, 5.74) is 2.33. The normalized spacial score (nSPS) is 12.1. The molecule has 0 radical (unpaired) electrons. The van der Waals surface area contributed by atoms with Crippen molar-refractivity contribution < 1.29 is 45.6 Å². The fourth-order valence-corrected chi connectivity index (χ4v) is 2.10. The first-order chi connectivity index (χ1) is 14.5. The number of rotatable bonds is 5. The van der Waals surface area contributed by atoms with Crippen LogP contribution in [0.3, 0.4) is 0 Å². The zero-order valence-electron chi connectivity index (χ0n) is 14.7. The Hall–Kier alpha value is -3.95. The first-order valence-corrected chi connectivity index (χ1v) is 7.86. The lowest BCUT2D eigenvalue weighted by Gasteiger charge is -2.20. The maximum Gasteiger partial charge on any atom is 0.492 e. The van der Waals surface area contributed by atoms with Crippen molar-refractivity contribution in [2.24, 2.45) is 0 Å². The van der Waals surface area contributed by atoms with Gasteiger partial charge in [-0.1, -0.05) is 18.2 Å². The summed E-state index contributed by atoms with van der Waals surface area (Å²) in [6.45, 7) is 0. The first-order valence-electron chi connectivity index (χ1n) is 7.86. The molecule has 0 aliphatic heterocycles. The summed E-state index contributed by atoms with van der Waals surface area (Å²) >= 11 is 0. The SMILES string of the molecule is O=C(ON(Nc1ncnc2c1cnn2-c1ccccc1)OC(=O)C(F)(F)F)C(F)(F)F. The van der Waals surface area contributed by atoms with Gasteiger partial charge in [-0.3, -0.25) is 0 Å². The number of anilines is 1. The van der Waals surface area contributed by atoms with Crippen molar-refractivity contribution in [3.63, 3.8) is 0 Å². The van der Waals surface area contributed by atoms with Gasteiger partial charge in [-0.25, -0.2) is 29.7 Å². The van der Waals surface area contributed by atoms with E-state index in [1.165, 1.54) is 4.68 Å². The van der Waals surface area contributed by atoms with Crippen molar-refractivity contribution in [2.75, 3.05) is 5.43 Å². The molecule has 0 spiro atoms. The summed E-state index contributed by atoms with van der Waals surface area (Å²) in [7, 11) is 0. The van der Waals surface area contributed by atoms with Crippen LogP contribution in [-0.2, 0) is 19.3 Å². The fourth-order valence-electron chi connectivity index (χ4n) is 2.10. The molecule has 2 heterocycles. The quantitative estimate of drug-likeness (QED) is 0.463. The molecule has 0 fully saturated rings. The number of hydrazine groups is 1. The van der Waals surface area contributed by atoms with E-state index >= 15 is 0 Å². The molecule has 0 amide bonds. The largest absolute Gasteiger partial charge is 0.492 e. The molecule has 164 valence electrons. The molecular weight excluding hydrogens is 442 g/mol. The highest BCUT2D eigenvalue weighted by Crippen LogP contribution is 2.24. The van der Waals surface area contributed by atoms with Crippen LogP contribution in [0.4, 0.5) is 32.2 Å². The minimum Gasteiger partial charge on any atom is -0.305 e. The maximum atomic E-state index is 12.4. The lowest BCUT2D eigenvalue weighted by molar-refractivity contribution is -0.339. The first kappa shape index (κ1) is 21.8. The lowest BCUT2D eigenvalue weighted by Crippen LogP contribution is -2.42. The summed E-state index contributed by atoms with van der Waals surface area (Å²) in [6, 6.07) is 8.36. The van der Waals surface area contributed by atoms with E-state index in [0.717, 1.165) is 12.5 Å². The Labute approximate surface area is 166 Å². The molecule has 0 aliphatic rings. The van der Waals surface area contributed by atoms with Crippen LogP contribution in [0.15, 0.2) is 42.9 Å². The Kier molecular flexibility index (Phi) is 5.65. The van der Waals surface area contributed by atoms with Gasteiger partial charge in [0.05, 0.1) is 17.3 Å². The smallest absolute Gasteiger partial charge is 0.305 e. The van der Waals surface area contributed by atoms with Gasteiger partial charge < -0.3 is 9.68 Å². The maximum absolute atomic E-state index is 12.4. The van der Waals surface area contributed by atoms with Crippen molar-refractivity contribution in [3.05, 3.63) is 42.9 Å². The Morgan fingerprint density at radius 1 is 0.935 bits per heavy atom. The molecule has 0 unspecified atom stereocenters. The number of carbonyl (C=O) groups excluding carboxylic acids is 2. The Balaban J connectivity index is 1.94. The van der Waals surface area contributed by atoms with E-state index in [1.807, 2.05) is 0 Å². The van der Waals surface area contributed by atoms with Gasteiger partial charge in [-0.15, -0.1) is 0 Å². The number of hydrogen-bond acceptors (Lipinski definition) is 9. The Bertz CT molecular complexity index is 1070. The second-order valence-electron chi connectivity index (χ2n) is 5.47. The average Bonchev–Trinajstić information content (AvgIpc) is 3.12. The van der Waals surface area contributed by atoms with Crippen LogP contribution in [0, 0.1) is 0 Å². The second kappa shape index (κ2) is 8.05. The molecule has 2 aromatic heterocycles. The van der Waals surface area contributed by atoms with E-state index in [-0.39, 0.29) is 11.0 Å². The molecule has 3 rings (SSSR count). The average molecular weight is 450 g/mol. The van der Waals surface area contributed by atoms with Crippen molar-refractivity contribution in [1.29, 1.82) is 0 Å². The van der Waals surface area contributed by atoms with Gasteiger partial charge in [0.1, 0.15) is 11.7 Å². The molecule has 0 bridgehead atoms. The van der Waals surface area contributed by atoms with Crippen LogP contribution in [-0.4, -0.2) is 49.4 Å². The lowest BCUT2D eigenvalue weighted by atomic mass is 10.3. The molecule has 0 saturated heterocycles. The van der Waals surface area contributed by atoms with Crippen molar-refractivity contribution in [1.82, 2.24) is 25.1 Å². The summed E-state index contributed by atoms with van der Waals surface area (Å²) < 4.78 is 75.9. The van der Waals surface area contributed by atoms with Crippen LogP contribution in [0.1, 0.15) is 0 Å². The zero-order chi connectivity index (χ0) is 22.8. The van der Waals surface area contributed by atoms with E-state index in [1.54, 1.807) is 35.8 Å². The number of benzene rings is 1. The van der Waals surface area contributed by atoms with Gasteiger partial charge in [0.2, 0.25) is 0 Å². The number of para-hydroxylation sites is 1. The molecule has 10 nitrogen and oxygen atoms in total. The molecule has 3 aromatic rings. The molecular formula is C15H8F6N6O4. The fraction of sp³-hybridized carbons (Fsp3) is 0.133. The van der Waals surface area contributed by atoms with Crippen LogP contribution < -0.4 is 5.43 Å². The van der Waals surface area contributed by atoms with Crippen molar-refractivity contribution >= 4 is 28.8 Å². The second-order valence-corrected chi connectivity index (χ2v) is 5.47. The minimum atomic E-state index is -5.61. The van der Waals surface area contributed by atoms with Gasteiger partial charge in [-0.05, 0) is 12.1 Å². The number of fused-ring (bicyclic) bond motifs is 1. The topological polar surface area (TPSA) is 111 Å². The van der Waals surface area contributed by atoms with Crippen LogP contribution in [0.2, 0.25) is 0 Å². The predicted molar refractivity (Wildman–Crippen MR) is 86.4 cm³/mol. The van der Waals surface area contributed by atoms with Crippen molar-refractivity contribution in [2.45, 2.75) is 12.4 Å². The third kappa shape index (κ3) is 4.97. The Morgan fingerprint density at radius 2 is 1.52 bits per heavy atom. The number of halogens is 6. The standard InChI is InChI=1S/C15H8F6N6O4/c16-14(17,18)12(28)30-27(31-13(29)15(19,20)21)25-10-9-6-24-26(11(9)23-7-22-10)8-4-2-1-3-5-8/h1-7H,(H,22,23,25). The Morgan fingerprint density at radius 3 is 2.06 bits per heavy atom. The third-order valence-electron chi connectivity index (χ3n) is 3.36. The summed E-state index contributed by atoms with van der Waals surface area (Å²) in [4.78, 5) is 36.9. The summed E-state index contributed by atoms with van der Waals surface area (Å²) in [6.07, 6.45) is -9.20. The monoisotopic (exact) mass is 450 g/mol. The predicted octanol–water partition coefficient (Wildman–Crippen LogP) is 2.49. The molecule has 16 heteroatoms. The van der Waals surface area contributed by atoms with E-state index in [0.29, 0.717) is 5.69 Å². The molecule has 0 aliphatic carbocycles. The molecule has 0 saturated carbocycles. The molecule has 1 N–H and O–H groups in total. The van der Waals surface area contributed by atoms with E-state index in [4.69, 9.17) is 0 Å². The van der Waals surface area contributed by atoms with Crippen LogP contribution in [0.25, 0.3) is 16.7 Å². The minimum absolute atomic E-state index is 0.0255. The molecule has 1 aromatic carbocycles. The van der Waals surface area contributed by atoms with Crippen LogP contribution >= 0.6 is 0 Å². The van der Waals surface area contributed by atoms with Crippen molar-refractivity contribution in [3.8, 4) is 5.69 Å². The highest BCUT2D eigenvalue weighted by Gasteiger charge is 2.47. The van der Waals surface area contributed by atoms with Gasteiger partial charge >= 0.3 is 24.3 Å². The molecule has 0 atom stereocenters. The number of nitrogens with one attached hydrogen (secondary N) is 1. The number of nitrogens with zero attached hydrogens (tertiary/aromatic N) is 5. The summed E-state index contributed by atoms with van der Waals surface area (Å²) in [5.74, 6) is -6.43. The van der Waals surface area contributed by atoms with E-state index in [9.17, 15) is 35.9 Å². The van der Waals surface area contributed by atoms with Gasteiger partial charge in [0, 0.05) is 0 Å². The summed E-state index contributed by atoms with van der Waals surface area (Å²) in [5, 5.41) is 3.18. The van der Waals surface area contributed by atoms with Gasteiger partial charge in [0.25, 0.3) is 0 Å². The highest BCUT2D eigenvalue weighted by atomic mass is 19.4. The van der Waals surface area contributed by atoms with Gasteiger partial charge in [0.15, 0.2) is 11.5 Å². The highest BCUT2D eigenvalue weighted by molar-refractivity contribution is 5.87. The number of hydrogen-bond donors (Lipinski definition) is 1. The number of carbonyl (C=O) groups is 2. The van der Waals surface area contributed by atoms with E-state index in [2.05, 4.69) is 24.7 Å². The number of aromatic nitrogens is 4. The number of alkyl halides is 6.